The number of hydrogen-bond donors (Lipinski definition) is 1. The topological polar surface area (TPSA) is 88.8 Å². The van der Waals surface area contributed by atoms with Crippen LogP contribution in [0.25, 0.3) is 0 Å². The Labute approximate surface area is 172 Å². The van der Waals surface area contributed by atoms with Crippen molar-refractivity contribution < 1.29 is 22.4 Å². The molecule has 0 atom stereocenters. The summed E-state index contributed by atoms with van der Waals surface area (Å²) in [6, 6.07) is 12.9. The van der Waals surface area contributed by atoms with Gasteiger partial charge in [0.1, 0.15) is 0 Å². The first-order chi connectivity index (χ1) is 14.1. The quantitative estimate of drug-likeness (QED) is 0.597. The lowest BCUT2D eigenvalue weighted by molar-refractivity contribution is 0.0909. The summed E-state index contributed by atoms with van der Waals surface area (Å²) in [5.41, 5.74) is 1.23. The van der Waals surface area contributed by atoms with E-state index in [0.717, 1.165) is 25.7 Å². The summed E-state index contributed by atoms with van der Waals surface area (Å²) in [6.45, 7) is 2.59. The summed E-state index contributed by atoms with van der Waals surface area (Å²) in [5, 5.41) is 2.56. The molecule has 1 fully saturated rings. The maximum absolute atomic E-state index is 12.6. The van der Waals surface area contributed by atoms with E-state index in [1.165, 1.54) is 22.0 Å². The highest BCUT2D eigenvalue weighted by atomic mass is 32.2. The van der Waals surface area contributed by atoms with Crippen molar-refractivity contribution in [3.05, 3.63) is 53.8 Å². The molecule has 0 unspecified atom stereocenters. The molecule has 29 heavy (non-hydrogen) atoms. The highest BCUT2D eigenvalue weighted by molar-refractivity contribution is 7.89. The molecule has 1 aliphatic rings. The smallest absolute Gasteiger partial charge is 0.287 e. The van der Waals surface area contributed by atoms with Gasteiger partial charge in [-0.2, -0.15) is 4.31 Å². The second kappa shape index (κ2) is 10.6. The number of rotatable bonds is 10. The van der Waals surface area contributed by atoms with Crippen molar-refractivity contribution in [3.8, 4) is 0 Å². The number of nitrogens with zero attached hydrogens (tertiary/aromatic N) is 1. The number of nitrogens with one attached hydrogen (secondary N) is 1. The Morgan fingerprint density at radius 1 is 1.03 bits per heavy atom. The molecule has 7 nitrogen and oxygen atoms in total. The van der Waals surface area contributed by atoms with E-state index in [1.807, 2.05) is 18.2 Å². The Morgan fingerprint density at radius 2 is 1.79 bits per heavy atom. The van der Waals surface area contributed by atoms with E-state index in [0.29, 0.717) is 39.3 Å². The summed E-state index contributed by atoms with van der Waals surface area (Å²) < 4.78 is 37.5. The van der Waals surface area contributed by atoms with Crippen LogP contribution in [0.15, 0.2) is 52.0 Å². The number of amides is 1. The number of ether oxygens (including phenoxy) is 1. The molecule has 0 bridgehead atoms. The lowest BCUT2D eigenvalue weighted by Gasteiger charge is -2.24. The first kappa shape index (κ1) is 21.5. The van der Waals surface area contributed by atoms with Gasteiger partial charge in [-0.1, -0.05) is 36.8 Å². The summed E-state index contributed by atoms with van der Waals surface area (Å²) in [6.07, 6.45) is 4.25. The molecule has 3 rings (SSSR count). The van der Waals surface area contributed by atoms with Crippen molar-refractivity contribution in [2.24, 2.45) is 0 Å². The standard InChI is InChI=1S/C21H28N2O5S/c24-21(22-13-7-16-27-17-12-18-8-3-1-4-9-18)19-10-11-20(28-19)29(25,26)23-14-5-2-6-15-23/h1,3-4,8-11H,2,5-7,12-17H2,(H,22,24). The van der Waals surface area contributed by atoms with Gasteiger partial charge in [0.05, 0.1) is 6.61 Å². The number of carbonyl (C=O) groups is 1. The average Bonchev–Trinajstić information content (AvgIpc) is 3.26. The highest BCUT2D eigenvalue weighted by Crippen LogP contribution is 2.22. The van der Waals surface area contributed by atoms with Gasteiger partial charge in [-0.25, -0.2) is 8.42 Å². The first-order valence-corrected chi connectivity index (χ1v) is 11.5. The van der Waals surface area contributed by atoms with Crippen molar-refractivity contribution >= 4 is 15.9 Å². The molecule has 1 N–H and O–H groups in total. The van der Waals surface area contributed by atoms with E-state index >= 15 is 0 Å². The van der Waals surface area contributed by atoms with Crippen LogP contribution in [0.1, 0.15) is 41.8 Å². The minimum Gasteiger partial charge on any atom is -0.438 e. The van der Waals surface area contributed by atoms with Crippen LogP contribution in [-0.4, -0.2) is 51.5 Å². The van der Waals surface area contributed by atoms with Gasteiger partial charge in [0.15, 0.2) is 5.76 Å². The zero-order chi connectivity index (χ0) is 20.5. The minimum absolute atomic E-state index is 0.00517. The molecule has 1 aliphatic heterocycles. The Kier molecular flexibility index (Phi) is 7.85. The Morgan fingerprint density at radius 3 is 2.55 bits per heavy atom. The van der Waals surface area contributed by atoms with Crippen LogP contribution in [-0.2, 0) is 21.2 Å². The number of hydrogen-bond acceptors (Lipinski definition) is 5. The summed E-state index contributed by atoms with van der Waals surface area (Å²) in [4.78, 5) is 12.2. The minimum atomic E-state index is -3.67. The fraction of sp³-hybridized carbons (Fsp3) is 0.476. The number of sulfonamides is 1. The Bertz CT molecular complexity index is 873. The molecule has 158 valence electrons. The molecule has 0 radical (unpaired) electrons. The van der Waals surface area contributed by atoms with Gasteiger partial charge in [-0.05, 0) is 43.4 Å². The van der Waals surface area contributed by atoms with E-state index < -0.39 is 15.9 Å². The SMILES string of the molecule is O=C(NCCCOCCc1ccccc1)c1ccc(S(=O)(=O)N2CCCCC2)o1. The van der Waals surface area contributed by atoms with Crippen LogP contribution >= 0.6 is 0 Å². The van der Waals surface area contributed by atoms with Crippen LogP contribution in [0.2, 0.25) is 0 Å². The Balaban J connectivity index is 1.37. The highest BCUT2D eigenvalue weighted by Gasteiger charge is 2.29. The maximum atomic E-state index is 12.6. The second-order valence-electron chi connectivity index (χ2n) is 7.04. The molecule has 8 heteroatoms. The lowest BCUT2D eigenvalue weighted by Crippen LogP contribution is -2.35. The fourth-order valence-electron chi connectivity index (χ4n) is 3.21. The fourth-order valence-corrected chi connectivity index (χ4v) is 4.64. The van der Waals surface area contributed by atoms with E-state index in [1.54, 1.807) is 0 Å². The van der Waals surface area contributed by atoms with E-state index in [-0.39, 0.29) is 10.9 Å². The third kappa shape index (κ3) is 6.16. The van der Waals surface area contributed by atoms with E-state index in [4.69, 9.17) is 9.15 Å². The number of carbonyl (C=O) groups excluding carboxylic acids is 1. The lowest BCUT2D eigenvalue weighted by atomic mass is 10.2. The second-order valence-corrected chi connectivity index (χ2v) is 8.91. The average molecular weight is 421 g/mol. The summed E-state index contributed by atoms with van der Waals surface area (Å²) in [5.74, 6) is -0.417. The van der Waals surface area contributed by atoms with Crippen molar-refractivity contribution in [1.82, 2.24) is 9.62 Å². The summed E-state index contributed by atoms with van der Waals surface area (Å²) in [7, 11) is -3.67. The first-order valence-electron chi connectivity index (χ1n) is 10.1. The zero-order valence-corrected chi connectivity index (χ0v) is 17.3. The predicted molar refractivity (Wildman–Crippen MR) is 109 cm³/mol. The van der Waals surface area contributed by atoms with Crippen LogP contribution in [0.4, 0.5) is 0 Å². The molecule has 1 aromatic carbocycles. The van der Waals surface area contributed by atoms with Gasteiger partial charge in [0.2, 0.25) is 5.09 Å². The molecule has 0 aliphatic carbocycles. The third-order valence-electron chi connectivity index (χ3n) is 4.84. The molecule has 1 aromatic heterocycles. The van der Waals surface area contributed by atoms with Gasteiger partial charge in [-0.3, -0.25) is 4.79 Å². The van der Waals surface area contributed by atoms with Gasteiger partial charge in [0.25, 0.3) is 15.9 Å². The molecular weight excluding hydrogens is 392 g/mol. The molecule has 0 saturated carbocycles. The van der Waals surface area contributed by atoms with Crippen molar-refractivity contribution in [3.63, 3.8) is 0 Å². The largest absolute Gasteiger partial charge is 0.438 e. The van der Waals surface area contributed by atoms with Crippen LogP contribution in [0, 0.1) is 0 Å². The normalized spacial score (nSPS) is 15.3. The molecule has 1 amide bonds. The van der Waals surface area contributed by atoms with E-state index in [2.05, 4.69) is 17.4 Å². The Hall–Kier alpha value is -2.16. The number of piperidine rings is 1. The molecule has 1 saturated heterocycles. The number of benzene rings is 1. The number of furan rings is 1. The third-order valence-corrected chi connectivity index (χ3v) is 6.62. The van der Waals surface area contributed by atoms with Gasteiger partial charge in [0, 0.05) is 26.2 Å². The van der Waals surface area contributed by atoms with Crippen LogP contribution < -0.4 is 5.32 Å². The van der Waals surface area contributed by atoms with Crippen molar-refractivity contribution in [1.29, 1.82) is 0 Å². The summed E-state index contributed by atoms with van der Waals surface area (Å²) >= 11 is 0. The zero-order valence-electron chi connectivity index (χ0n) is 16.5. The van der Waals surface area contributed by atoms with Crippen LogP contribution in [0.5, 0.6) is 0 Å². The van der Waals surface area contributed by atoms with Crippen LogP contribution in [0.3, 0.4) is 0 Å². The maximum Gasteiger partial charge on any atom is 0.287 e. The van der Waals surface area contributed by atoms with Gasteiger partial charge in [-0.15, -0.1) is 0 Å². The molecule has 2 aromatic rings. The molecule has 2 heterocycles. The molecular formula is C21H28N2O5S. The monoisotopic (exact) mass is 420 g/mol. The predicted octanol–water partition coefficient (Wildman–Crippen LogP) is 2.83. The van der Waals surface area contributed by atoms with Gasteiger partial charge < -0.3 is 14.5 Å². The molecule has 0 spiro atoms. The van der Waals surface area contributed by atoms with Crippen molar-refractivity contribution in [2.45, 2.75) is 37.2 Å². The van der Waals surface area contributed by atoms with Crippen molar-refractivity contribution in [2.75, 3.05) is 32.8 Å². The van der Waals surface area contributed by atoms with E-state index in [9.17, 15) is 13.2 Å². The van der Waals surface area contributed by atoms with Gasteiger partial charge >= 0.3 is 0 Å².